The summed E-state index contributed by atoms with van der Waals surface area (Å²) in [5.74, 6) is 0.443. The second-order valence-corrected chi connectivity index (χ2v) is 4.09. The number of rotatable bonds is 4. The van der Waals surface area contributed by atoms with Crippen molar-refractivity contribution in [2.24, 2.45) is 0 Å². The molecule has 2 aromatic rings. The molecule has 20 heavy (non-hydrogen) atoms. The monoisotopic (exact) mass is 295 g/mol. The average Bonchev–Trinajstić information content (AvgIpc) is 2.39. The summed E-state index contributed by atoms with van der Waals surface area (Å²) in [6.45, 7) is -2.86. The fourth-order valence-electron chi connectivity index (χ4n) is 1.49. The molecule has 0 spiro atoms. The van der Waals surface area contributed by atoms with E-state index in [0.717, 1.165) is 0 Å². The number of nitrogens with zero attached hydrogens (tertiary/aromatic N) is 2. The van der Waals surface area contributed by atoms with Crippen LogP contribution < -0.4 is 10.1 Å². The lowest BCUT2D eigenvalue weighted by Gasteiger charge is -2.08. The molecule has 0 amide bonds. The minimum atomic E-state index is -2.86. The van der Waals surface area contributed by atoms with Crippen LogP contribution in [0.25, 0.3) is 0 Å². The van der Waals surface area contributed by atoms with Crippen molar-refractivity contribution in [1.29, 1.82) is 5.26 Å². The van der Waals surface area contributed by atoms with Gasteiger partial charge >= 0.3 is 6.61 Å². The highest BCUT2D eigenvalue weighted by Gasteiger charge is 2.05. The summed E-state index contributed by atoms with van der Waals surface area (Å²) >= 11 is 5.77. The van der Waals surface area contributed by atoms with Crippen molar-refractivity contribution in [2.75, 3.05) is 5.32 Å². The summed E-state index contributed by atoms with van der Waals surface area (Å²) in [6, 6.07) is 10.8. The molecule has 102 valence electrons. The molecule has 1 N–H and O–H groups in total. The molecule has 1 aromatic carbocycles. The van der Waals surface area contributed by atoms with Crippen molar-refractivity contribution < 1.29 is 13.5 Å². The number of hydrogen-bond donors (Lipinski definition) is 1. The van der Waals surface area contributed by atoms with Gasteiger partial charge in [-0.3, -0.25) is 0 Å². The summed E-state index contributed by atoms with van der Waals surface area (Å²) < 4.78 is 28.2. The molecule has 0 saturated heterocycles. The van der Waals surface area contributed by atoms with E-state index in [2.05, 4.69) is 15.0 Å². The fraction of sp³-hybridized carbons (Fsp3) is 0.0769. The van der Waals surface area contributed by atoms with Gasteiger partial charge in [0.15, 0.2) is 0 Å². The van der Waals surface area contributed by atoms with Crippen molar-refractivity contribution >= 4 is 23.1 Å². The van der Waals surface area contributed by atoms with Crippen LogP contribution in [-0.2, 0) is 0 Å². The number of aromatic nitrogens is 1. The van der Waals surface area contributed by atoms with Gasteiger partial charge in [-0.2, -0.15) is 14.0 Å². The van der Waals surface area contributed by atoms with Crippen LogP contribution in [0.5, 0.6) is 5.75 Å². The number of nitriles is 1. The first-order chi connectivity index (χ1) is 9.56. The third-order valence-corrected chi connectivity index (χ3v) is 2.47. The Hall–Kier alpha value is -2.39. The Morgan fingerprint density at radius 1 is 1.25 bits per heavy atom. The number of nitrogens with one attached hydrogen (secondary N) is 1. The molecule has 1 heterocycles. The van der Waals surface area contributed by atoms with Crippen molar-refractivity contribution in [3.8, 4) is 11.8 Å². The number of halogens is 3. The maximum absolute atomic E-state index is 12.0. The molecule has 0 atom stereocenters. The van der Waals surface area contributed by atoms with Crippen LogP contribution in [0, 0.1) is 11.3 Å². The minimum Gasteiger partial charge on any atom is -0.435 e. The molecule has 0 aliphatic heterocycles. The third-order valence-electron chi connectivity index (χ3n) is 2.28. The Morgan fingerprint density at radius 3 is 2.55 bits per heavy atom. The highest BCUT2D eigenvalue weighted by atomic mass is 35.5. The zero-order valence-corrected chi connectivity index (χ0v) is 10.7. The molecule has 0 saturated carbocycles. The van der Waals surface area contributed by atoms with E-state index in [9.17, 15) is 8.78 Å². The third kappa shape index (κ3) is 3.80. The van der Waals surface area contributed by atoms with Gasteiger partial charge < -0.3 is 10.1 Å². The van der Waals surface area contributed by atoms with E-state index in [1.165, 1.54) is 24.3 Å². The number of benzene rings is 1. The largest absolute Gasteiger partial charge is 0.435 e. The standard InChI is InChI=1S/C13H8ClF2N3O/c14-11-5-8(7-17)6-12(19-11)18-9-1-3-10(4-2-9)20-13(15)16/h1-6,13H,(H,18,19). The van der Waals surface area contributed by atoms with Gasteiger partial charge in [-0.25, -0.2) is 4.98 Å². The van der Waals surface area contributed by atoms with Gasteiger partial charge in [0.05, 0.1) is 11.6 Å². The zero-order valence-electron chi connectivity index (χ0n) is 9.98. The van der Waals surface area contributed by atoms with Crippen LogP contribution >= 0.6 is 11.6 Å². The Labute approximate surface area is 118 Å². The van der Waals surface area contributed by atoms with Crippen LogP contribution in [0.1, 0.15) is 5.56 Å². The second kappa shape index (κ2) is 6.17. The van der Waals surface area contributed by atoms with E-state index < -0.39 is 6.61 Å². The lowest BCUT2D eigenvalue weighted by molar-refractivity contribution is -0.0498. The van der Waals surface area contributed by atoms with Gasteiger partial charge in [0.25, 0.3) is 0 Å². The fourth-order valence-corrected chi connectivity index (χ4v) is 1.70. The average molecular weight is 296 g/mol. The van der Waals surface area contributed by atoms with Crippen molar-refractivity contribution in [1.82, 2.24) is 4.98 Å². The highest BCUT2D eigenvalue weighted by molar-refractivity contribution is 6.29. The van der Waals surface area contributed by atoms with E-state index in [1.54, 1.807) is 12.1 Å². The van der Waals surface area contributed by atoms with Gasteiger partial charge in [0.1, 0.15) is 16.7 Å². The number of ether oxygens (including phenoxy) is 1. The zero-order chi connectivity index (χ0) is 14.5. The van der Waals surface area contributed by atoms with Crippen molar-refractivity contribution in [3.05, 3.63) is 47.1 Å². The molecule has 0 aliphatic rings. The summed E-state index contributed by atoms with van der Waals surface area (Å²) in [6.07, 6.45) is 0. The van der Waals surface area contributed by atoms with Gasteiger partial charge in [-0.15, -0.1) is 0 Å². The Bertz CT molecular complexity index is 641. The molecule has 0 radical (unpaired) electrons. The highest BCUT2D eigenvalue weighted by Crippen LogP contribution is 2.22. The number of pyridine rings is 1. The van der Waals surface area contributed by atoms with Gasteiger partial charge in [0.2, 0.25) is 0 Å². The quantitative estimate of drug-likeness (QED) is 0.868. The first kappa shape index (κ1) is 14.0. The molecule has 0 unspecified atom stereocenters. The maximum atomic E-state index is 12.0. The first-order valence-corrected chi connectivity index (χ1v) is 5.84. The number of alkyl halides is 2. The maximum Gasteiger partial charge on any atom is 0.387 e. The van der Waals surface area contributed by atoms with Crippen LogP contribution in [0.3, 0.4) is 0 Å². The number of hydrogen-bond acceptors (Lipinski definition) is 4. The molecular weight excluding hydrogens is 288 g/mol. The van der Waals surface area contributed by atoms with Crippen LogP contribution in [0.2, 0.25) is 5.15 Å². The predicted octanol–water partition coefficient (Wildman–Crippen LogP) is 3.95. The van der Waals surface area contributed by atoms with E-state index in [1.807, 2.05) is 6.07 Å². The topological polar surface area (TPSA) is 57.9 Å². The Kier molecular flexibility index (Phi) is 4.33. The Balaban J connectivity index is 2.14. The van der Waals surface area contributed by atoms with E-state index in [-0.39, 0.29) is 10.9 Å². The lowest BCUT2D eigenvalue weighted by atomic mass is 10.2. The van der Waals surface area contributed by atoms with Crippen molar-refractivity contribution in [3.63, 3.8) is 0 Å². The van der Waals surface area contributed by atoms with Gasteiger partial charge in [-0.05, 0) is 36.4 Å². The van der Waals surface area contributed by atoms with Crippen LogP contribution in [0.15, 0.2) is 36.4 Å². The molecule has 7 heteroatoms. The van der Waals surface area contributed by atoms with Gasteiger partial charge in [-0.1, -0.05) is 11.6 Å². The van der Waals surface area contributed by atoms with Gasteiger partial charge in [0, 0.05) is 5.69 Å². The van der Waals surface area contributed by atoms with Crippen LogP contribution in [0.4, 0.5) is 20.3 Å². The summed E-state index contributed by atoms with van der Waals surface area (Å²) in [5.41, 5.74) is 0.968. The summed E-state index contributed by atoms with van der Waals surface area (Å²) in [5, 5.41) is 11.9. The molecule has 0 fully saturated rings. The molecule has 2 rings (SSSR count). The summed E-state index contributed by atoms with van der Waals surface area (Å²) in [4.78, 5) is 4.00. The second-order valence-electron chi connectivity index (χ2n) is 3.70. The lowest BCUT2D eigenvalue weighted by Crippen LogP contribution is -2.01. The predicted molar refractivity (Wildman–Crippen MR) is 70.3 cm³/mol. The summed E-state index contributed by atoms with van der Waals surface area (Å²) in [7, 11) is 0. The molecular formula is C13H8ClF2N3O. The molecule has 1 aromatic heterocycles. The van der Waals surface area contributed by atoms with E-state index >= 15 is 0 Å². The smallest absolute Gasteiger partial charge is 0.387 e. The molecule has 4 nitrogen and oxygen atoms in total. The normalized spacial score (nSPS) is 10.2. The molecule has 0 bridgehead atoms. The SMILES string of the molecule is N#Cc1cc(Cl)nc(Nc2ccc(OC(F)F)cc2)c1. The van der Waals surface area contributed by atoms with E-state index in [4.69, 9.17) is 16.9 Å². The first-order valence-electron chi connectivity index (χ1n) is 5.46. The van der Waals surface area contributed by atoms with E-state index in [0.29, 0.717) is 17.1 Å². The number of anilines is 2. The Morgan fingerprint density at radius 2 is 1.95 bits per heavy atom. The van der Waals surface area contributed by atoms with Crippen LogP contribution in [-0.4, -0.2) is 11.6 Å². The molecule has 0 aliphatic carbocycles. The minimum absolute atomic E-state index is 0.0577. The van der Waals surface area contributed by atoms with Crippen molar-refractivity contribution in [2.45, 2.75) is 6.61 Å².